The number of nitrogens with zero attached hydrogens (tertiary/aromatic N) is 2. The van der Waals surface area contributed by atoms with Gasteiger partial charge >= 0.3 is 0 Å². The van der Waals surface area contributed by atoms with Crippen LogP contribution in [0.15, 0.2) is 28.7 Å². The number of hydrogen-bond acceptors (Lipinski definition) is 10. The molecule has 40 heavy (non-hydrogen) atoms. The van der Waals surface area contributed by atoms with Crippen molar-refractivity contribution >= 4 is 29.2 Å². The second-order valence-electron chi connectivity index (χ2n) is 11.6. The molecule has 3 aliphatic carbocycles. The van der Waals surface area contributed by atoms with Gasteiger partial charge in [-0.05, 0) is 82.2 Å². The number of carbonyl (C=O) groups excluding carboxylic acids is 3. The third kappa shape index (κ3) is 4.25. The molecule has 1 fully saturated rings. The summed E-state index contributed by atoms with van der Waals surface area (Å²) in [7, 11) is 3.24. The molecule has 1 aliphatic heterocycles. The Balaban J connectivity index is 1.68. The van der Waals surface area contributed by atoms with E-state index in [9.17, 15) is 34.8 Å². The largest absolute Gasteiger partial charge is 0.510 e. The quantitative estimate of drug-likeness (QED) is 0.319. The van der Waals surface area contributed by atoms with Crippen molar-refractivity contribution in [3.63, 3.8) is 0 Å². The van der Waals surface area contributed by atoms with Gasteiger partial charge in [-0.2, -0.15) is 11.8 Å². The monoisotopic (exact) mass is 571 g/mol. The average molecular weight is 572 g/mol. The molecule has 1 amide bonds. The van der Waals surface area contributed by atoms with E-state index in [1.54, 1.807) is 19.0 Å². The number of likely N-dealkylation sites (N-methyl/N-ethyl adjacent to an activating group) is 1. The highest BCUT2D eigenvalue weighted by Crippen LogP contribution is 2.53. The molecule has 4 aliphatic rings. The molecule has 0 saturated carbocycles. The van der Waals surface area contributed by atoms with E-state index in [2.05, 4.69) is 4.90 Å². The van der Waals surface area contributed by atoms with Gasteiger partial charge in [0.15, 0.2) is 11.4 Å². The lowest BCUT2D eigenvalue weighted by atomic mass is 9.58. The lowest BCUT2D eigenvalue weighted by molar-refractivity contribution is -0.148. The van der Waals surface area contributed by atoms with E-state index in [1.165, 1.54) is 18.2 Å². The number of nitrogens with two attached hydrogens (primary N) is 1. The number of fused-ring (bicyclic) bond motifs is 3. The molecular weight excluding hydrogens is 534 g/mol. The van der Waals surface area contributed by atoms with Gasteiger partial charge in [-0.25, -0.2) is 0 Å². The Morgan fingerprint density at radius 1 is 1.15 bits per heavy atom. The van der Waals surface area contributed by atoms with Crippen LogP contribution in [0.4, 0.5) is 0 Å². The lowest BCUT2D eigenvalue weighted by Crippen LogP contribution is -2.63. The maximum absolute atomic E-state index is 14.1. The van der Waals surface area contributed by atoms with Crippen LogP contribution in [0.1, 0.15) is 52.7 Å². The van der Waals surface area contributed by atoms with Gasteiger partial charge in [0.1, 0.15) is 22.8 Å². The van der Waals surface area contributed by atoms with E-state index >= 15 is 0 Å². The zero-order valence-corrected chi connectivity index (χ0v) is 23.9. The molecule has 11 heteroatoms. The summed E-state index contributed by atoms with van der Waals surface area (Å²) >= 11 is 1.51. The molecule has 0 spiro atoms. The number of ketones is 2. The van der Waals surface area contributed by atoms with E-state index in [4.69, 9.17) is 5.73 Å². The van der Waals surface area contributed by atoms with Crippen LogP contribution in [-0.4, -0.2) is 92.8 Å². The summed E-state index contributed by atoms with van der Waals surface area (Å²) in [5.41, 5.74) is 4.22. The number of aromatic hydroxyl groups is 1. The summed E-state index contributed by atoms with van der Waals surface area (Å²) < 4.78 is 0. The van der Waals surface area contributed by atoms with Gasteiger partial charge in [-0.3, -0.25) is 24.2 Å². The molecule has 216 valence electrons. The number of rotatable bonds is 6. The molecule has 0 aromatic heterocycles. The summed E-state index contributed by atoms with van der Waals surface area (Å²) in [6.07, 6.45) is 5.69. The van der Waals surface area contributed by atoms with Crippen LogP contribution >= 0.6 is 11.8 Å². The number of carbonyl (C=O) groups is 3. The molecular formula is C29H37N3O7S. The molecule has 5 rings (SSSR count). The van der Waals surface area contributed by atoms with Crippen LogP contribution in [0.2, 0.25) is 0 Å². The highest BCUT2D eigenvalue weighted by atomic mass is 32.2. The number of benzene rings is 1. The van der Waals surface area contributed by atoms with E-state index in [0.717, 1.165) is 31.5 Å². The predicted octanol–water partition coefficient (Wildman–Crippen LogP) is 1.97. The van der Waals surface area contributed by atoms with Crippen LogP contribution in [0.25, 0.3) is 0 Å². The zero-order valence-electron chi connectivity index (χ0n) is 23.1. The van der Waals surface area contributed by atoms with E-state index in [1.807, 2.05) is 12.3 Å². The molecule has 1 aromatic carbocycles. The molecule has 10 nitrogen and oxygen atoms in total. The molecule has 0 radical (unpaired) electrons. The van der Waals surface area contributed by atoms with Crippen molar-refractivity contribution in [2.24, 2.45) is 17.6 Å². The number of piperidine rings is 1. The predicted molar refractivity (Wildman–Crippen MR) is 150 cm³/mol. The van der Waals surface area contributed by atoms with Crippen molar-refractivity contribution in [1.29, 1.82) is 0 Å². The highest BCUT2D eigenvalue weighted by Gasteiger charge is 2.63. The van der Waals surface area contributed by atoms with Gasteiger partial charge in [-0.15, -0.1) is 0 Å². The number of aliphatic hydroxyl groups is 3. The Morgan fingerprint density at radius 3 is 2.42 bits per heavy atom. The van der Waals surface area contributed by atoms with Crippen molar-refractivity contribution < 1.29 is 34.8 Å². The second-order valence-corrected chi connectivity index (χ2v) is 12.5. The van der Waals surface area contributed by atoms with Gasteiger partial charge in [0.05, 0.1) is 11.6 Å². The average Bonchev–Trinajstić information content (AvgIpc) is 2.89. The maximum atomic E-state index is 14.1. The van der Waals surface area contributed by atoms with Crippen molar-refractivity contribution in [2.45, 2.75) is 56.0 Å². The molecule has 1 heterocycles. The normalized spacial score (nSPS) is 29.0. The minimum atomic E-state index is -2.63. The minimum Gasteiger partial charge on any atom is -0.510 e. The van der Waals surface area contributed by atoms with Gasteiger partial charge in [-0.1, -0.05) is 6.42 Å². The minimum absolute atomic E-state index is 0.0856. The fraction of sp³-hybridized carbons (Fsp3) is 0.552. The number of likely N-dealkylation sites (tertiary alicyclic amines) is 1. The Hall–Kier alpha value is -2.86. The van der Waals surface area contributed by atoms with Crippen molar-refractivity contribution in [3.8, 4) is 5.75 Å². The van der Waals surface area contributed by atoms with Gasteiger partial charge < -0.3 is 26.2 Å². The second kappa shape index (κ2) is 10.5. The topological polar surface area (TPSA) is 165 Å². The van der Waals surface area contributed by atoms with Crippen molar-refractivity contribution in [2.75, 3.05) is 33.4 Å². The number of hydrogen-bond donors (Lipinski definition) is 5. The lowest BCUT2D eigenvalue weighted by Gasteiger charge is -2.50. The molecule has 0 bridgehead atoms. The summed E-state index contributed by atoms with van der Waals surface area (Å²) in [6, 6.07) is 0.969. The van der Waals surface area contributed by atoms with Crippen LogP contribution in [0.3, 0.4) is 0 Å². The third-order valence-electron chi connectivity index (χ3n) is 9.04. The summed E-state index contributed by atoms with van der Waals surface area (Å²) in [5.74, 6) is -5.77. The first-order chi connectivity index (χ1) is 18.9. The Labute approximate surface area is 237 Å². The smallest absolute Gasteiger partial charge is 0.255 e. The first kappa shape index (κ1) is 28.7. The van der Waals surface area contributed by atoms with Crippen molar-refractivity contribution in [1.82, 2.24) is 9.80 Å². The zero-order chi connectivity index (χ0) is 29.1. The molecule has 4 atom stereocenters. The number of aliphatic hydroxyl groups excluding tert-OH is 2. The van der Waals surface area contributed by atoms with Crippen LogP contribution in [0.5, 0.6) is 5.75 Å². The number of primary amides is 1. The first-order valence-electron chi connectivity index (χ1n) is 13.7. The summed E-state index contributed by atoms with van der Waals surface area (Å²) in [5, 5.41) is 45.5. The maximum Gasteiger partial charge on any atom is 0.255 e. The number of thioether (sulfide) groups is 1. The summed E-state index contributed by atoms with van der Waals surface area (Å²) in [4.78, 5) is 43.7. The van der Waals surface area contributed by atoms with Gasteiger partial charge in [0.25, 0.3) is 5.91 Å². The Bertz CT molecular complexity index is 1350. The van der Waals surface area contributed by atoms with Crippen LogP contribution < -0.4 is 5.73 Å². The Morgan fingerprint density at radius 2 is 1.82 bits per heavy atom. The molecule has 1 saturated heterocycles. The van der Waals surface area contributed by atoms with Gasteiger partial charge in [0.2, 0.25) is 5.78 Å². The number of phenolic OH excluding ortho intramolecular Hbond substituents is 1. The fourth-order valence-corrected chi connectivity index (χ4v) is 7.75. The number of allylic oxidation sites excluding steroid dienone is 1. The van der Waals surface area contributed by atoms with Crippen molar-refractivity contribution in [3.05, 3.63) is 51.0 Å². The molecule has 0 unspecified atom stereocenters. The number of amides is 1. The standard InChI is InChI=1S/C29H37N3O7S/c1-31(2)22-18-11-14-10-17-15(12-32-7-5-4-6-8-32)9-16(13-40-3)23(33)20(17)24(34)19(14)26(36)29(18,39)27(37)21(25(22)35)28(30)38/h9,14,18,22,33,35-36,39H,4-8,10-13H2,1-3H3,(H2,30,38)/t14-,18-,22-,29-/m0/s1. The highest BCUT2D eigenvalue weighted by molar-refractivity contribution is 7.97. The molecule has 6 N–H and O–H groups in total. The van der Waals surface area contributed by atoms with E-state index in [0.29, 0.717) is 29.8 Å². The fourth-order valence-electron chi connectivity index (χ4n) is 7.22. The summed E-state index contributed by atoms with van der Waals surface area (Å²) in [6.45, 7) is 2.53. The van der Waals surface area contributed by atoms with Crippen LogP contribution in [0, 0.1) is 11.8 Å². The van der Waals surface area contributed by atoms with E-state index in [-0.39, 0.29) is 23.3 Å². The van der Waals surface area contributed by atoms with Crippen LogP contribution in [-0.2, 0) is 28.3 Å². The Kier molecular flexibility index (Phi) is 7.54. The third-order valence-corrected chi connectivity index (χ3v) is 9.64. The number of Topliss-reactive ketones (excluding diaryl/α,β-unsaturated/α-hetero) is 2. The van der Waals surface area contributed by atoms with E-state index < -0.39 is 58.0 Å². The molecule has 1 aromatic rings. The van der Waals surface area contributed by atoms with Gasteiger partial charge in [0, 0.05) is 29.4 Å². The first-order valence-corrected chi connectivity index (χ1v) is 15.0. The SMILES string of the molecule is CSCc1cc(CN2CCCCC2)c2c(c1O)C(=O)C1=C(O)[C@]3(O)C(=O)C(C(N)=O)=C(O)[C@@H](N(C)C)[C@@H]3C[C@@H]1C2. The number of phenols is 1.